The lowest BCUT2D eigenvalue weighted by Gasteiger charge is -2.24. The van der Waals surface area contributed by atoms with Crippen LogP contribution in [0.15, 0.2) is 24.3 Å². The highest BCUT2D eigenvalue weighted by atomic mass is 16.5. The topological polar surface area (TPSA) is 95.9 Å². The first kappa shape index (κ1) is 50.3. The highest BCUT2D eigenvalue weighted by Crippen LogP contribution is 2.17. The van der Waals surface area contributed by atoms with Gasteiger partial charge in [-0.25, -0.2) is 0 Å². The lowest BCUT2D eigenvalue weighted by atomic mass is 10.0. The van der Waals surface area contributed by atoms with Gasteiger partial charge in [0.2, 0.25) is 5.91 Å². The second-order valence-corrected chi connectivity index (χ2v) is 15.5. The Hall–Kier alpha value is -1.66. The number of aliphatic hydroxyl groups excluding tert-OH is 2. The molecule has 0 aromatic heterocycles. The van der Waals surface area contributed by atoms with Gasteiger partial charge in [-0.2, -0.15) is 0 Å². The summed E-state index contributed by atoms with van der Waals surface area (Å²) in [6, 6.07) is -0.696. The number of carbonyl (C=O) groups excluding carboxylic acids is 2. The fourth-order valence-electron chi connectivity index (χ4n) is 6.83. The molecule has 0 aliphatic rings. The Morgan fingerprint density at radius 1 is 0.558 bits per heavy atom. The van der Waals surface area contributed by atoms with Crippen molar-refractivity contribution in [1.29, 1.82) is 0 Å². The van der Waals surface area contributed by atoms with Gasteiger partial charge in [-0.15, -0.1) is 0 Å². The average Bonchev–Trinajstić information content (AvgIpc) is 3.13. The van der Waals surface area contributed by atoms with E-state index in [4.69, 9.17) is 4.74 Å². The van der Waals surface area contributed by atoms with E-state index < -0.39 is 18.2 Å². The molecule has 0 aromatic carbocycles. The lowest BCUT2D eigenvalue weighted by molar-refractivity contribution is -0.151. The van der Waals surface area contributed by atoms with Crippen molar-refractivity contribution in [2.75, 3.05) is 6.61 Å². The molecule has 0 fully saturated rings. The van der Waals surface area contributed by atoms with Crippen LogP contribution in [0.2, 0.25) is 0 Å². The highest BCUT2D eigenvalue weighted by Gasteiger charge is 2.24. The van der Waals surface area contributed by atoms with Crippen LogP contribution in [0.1, 0.15) is 233 Å². The van der Waals surface area contributed by atoms with Crippen molar-refractivity contribution >= 4 is 11.9 Å². The molecule has 0 aromatic rings. The number of ether oxygens (including phenoxy) is 1. The molecule has 0 rings (SSSR count). The zero-order chi connectivity index (χ0) is 38.2. The molecule has 1 amide bonds. The molecule has 0 aliphatic heterocycles. The van der Waals surface area contributed by atoms with Gasteiger partial charge in [-0.1, -0.05) is 193 Å². The van der Waals surface area contributed by atoms with Crippen LogP contribution in [-0.4, -0.2) is 46.9 Å². The number of rotatable bonds is 40. The van der Waals surface area contributed by atoms with E-state index in [1.807, 2.05) is 0 Å². The maximum absolute atomic E-state index is 13.1. The van der Waals surface area contributed by atoms with Crippen LogP contribution < -0.4 is 5.32 Å². The molecule has 52 heavy (non-hydrogen) atoms. The fourth-order valence-corrected chi connectivity index (χ4v) is 6.83. The quantitative estimate of drug-likeness (QED) is 0.0331. The van der Waals surface area contributed by atoms with E-state index in [9.17, 15) is 19.8 Å². The number of hydrogen-bond donors (Lipinski definition) is 3. The van der Waals surface area contributed by atoms with Gasteiger partial charge in [-0.05, 0) is 51.4 Å². The summed E-state index contributed by atoms with van der Waals surface area (Å²) in [4.78, 5) is 25.8. The predicted octanol–water partition coefficient (Wildman–Crippen LogP) is 12.8. The highest BCUT2D eigenvalue weighted by molar-refractivity contribution is 5.77. The molecular weight excluding hydrogens is 647 g/mol. The van der Waals surface area contributed by atoms with Crippen molar-refractivity contribution in [3.05, 3.63) is 24.3 Å². The number of esters is 1. The normalized spacial score (nSPS) is 13.6. The first-order chi connectivity index (χ1) is 25.5. The van der Waals surface area contributed by atoms with Crippen LogP contribution in [0.5, 0.6) is 0 Å². The Morgan fingerprint density at radius 2 is 0.962 bits per heavy atom. The Morgan fingerprint density at radius 3 is 1.46 bits per heavy atom. The van der Waals surface area contributed by atoms with Crippen LogP contribution in [-0.2, 0) is 14.3 Å². The summed E-state index contributed by atoms with van der Waals surface area (Å²) in [7, 11) is 0. The number of amides is 1. The monoisotopic (exact) mass is 734 g/mol. The van der Waals surface area contributed by atoms with Crippen molar-refractivity contribution in [1.82, 2.24) is 5.32 Å². The Labute approximate surface area is 322 Å². The molecule has 3 atom stereocenters. The first-order valence-corrected chi connectivity index (χ1v) is 22.6. The largest absolute Gasteiger partial charge is 0.462 e. The van der Waals surface area contributed by atoms with E-state index in [2.05, 4.69) is 50.4 Å². The molecule has 3 N–H and O–H groups in total. The van der Waals surface area contributed by atoms with Gasteiger partial charge < -0.3 is 20.3 Å². The second-order valence-electron chi connectivity index (χ2n) is 15.5. The molecule has 3 unspecified atom stereocenters. The third-order valence-corrected chi connectivity index (χ3v) is 10.3. The smallest absolute Gasteiger partial charge is 0.306 e. The molecule has 306 valence electrons. The van der Waals surface area contributed by atoms with Gasteiger partial charge in [0.25, 0.3) is 0 Å². The van der Waals surface area contributed by atoms with Gasteiger partial charge in [-0.3, -0.25) is 9.59 Å². The lowest BCUT2D eigenvalue weighted by Crippen LogP contribution is -2.46. The first-order valence-electron chi connectivity index (χ1n) is 22.6. The van der Waals surface area contributed by atoms with Crippen LogP contribution in [0.4, 0.5) is 0 Å². The summed E-state index contributed by atoms with van der Waals surface area (Å²) in [5, 5.41) is 23.5. The molecule has 0 saturated heterocycles. The van der Waals surface area contributed by atoms with E-state index >= 15 is 0 Å². The van der Waals surface area contributed by atoms with Crippen LogP contribution in [0.3, 0.4) is 0 Å². The molecule has 0 saturated carbocycles. The van der Waals surface area contributed by atoms with Gasteiger partial charge in [0.05, 0.1) is 25.2 Å². The van der Waals surface area contributed by atoms with Crippen molar-refractivity contribution in [2.45, 2.75) is 251 Å². The van der Waals surface area contributed by atoms with Crippen LogP contribution in [0, 0.1) is 0 Å². The van der Waals surface area contributed by atoms with E-state index in [1.165, 1.54) is 128 Å². The zero-order valence-corrected chi connectivity index (χ0v) is 34.7. The summed E-state index contributed by atoms with van der Waals surface area (Å²) in [5.41, 5.74) is 0. The number of allylic oxidation sites excluding steroid dienone is 4. The third kappa shape index (κ3) is 35.4. The van der Waals surface area contributed by atoms with Crippen molar-refractivity contribution in [3.63, 3.8) is 0 Å². The van der Waals surface area contributed by atoms with E-state index in [0.29, 0.717) is 19.3 Å². The van der Waals surface area contributed by atoms with E-state index in [0.717, 1.165) is 57.8 Å². The fraction of sp³-hybridized carbons (Fsp3) is 0.870. The van der Waals surface area contributed by atoms with Crippen molar-refractivity contribution in [3.8, 4) is 0 Å². The van der Waals surface area contributed by atoms with E-state index in [1.54, 1.807) is 0 Å². The molecule has 0 aliphatic carbocycles. The minimum atomic E-state index is -0.782. The Balaban J connectivity index is 4.45. The maximum Gasteiger partial charge on any atom is 0.306 e. The minimum absolute atomic E-state index is 0.0757. The molecule has 0 radical (unpaired) electrons. The summed E-state index contributed by atoms with van der Waals surface area (Å²) in [6.07, 6.45) is 43.8. The zero-order valence-electron chi connectivity index (χ0n) is 34.7. The average molecular weight is 734 g/mol. The molecule has 6 nitrogen and oxygen atoms in total. The summed E-state index contributed by atoms with van der Waals surface area (Å²) in [6.45, 7) is 6.40. The Bertz CT molecular complexity index is 828. The molecule has 0 spiro atoms. The van der Waals surface area contributed by atoms with Crippen molar-refractivity contribution < 1.29 is 24.5 Å². The number of nitrogens with one attached hydrogen (secondary N) is 1. The summed E-state index contributed by atoms with van der Waals surface area (Å²) in [5.74, 6) is -0.487. The van der Waals surface area contributed by atoms with Gasteiger partial charge in [0.1, 0.15) is 6.10 Å². The van der Waals surface area contributed by atoms with Gasteiger partial charge >= 0.3 is 5.97 Å². The summed E-state index contributed by atoms with van der Waals surface area (Å²) < 4.78 is 5.87. The second kappa shape index (κ2) is 40.5. The standard InChI is InChI=1S/C46H87NO5/c1-4-7-10-13-16-18-20-21-22-23-25-27-30-33-36-39-46(51)52-42(37-34-31-28-15-12-9-6-3)40-45(50)47-43(41-48)44(49)38-35-32-29-26-24-19-17-14-11-8-5-2/h16,18,20-21,42-44,48-49H,4-15,17,19,22-41H2,1-3H3,(H,47,50)/b18-16+,21-20+. The van der Waals surface area contributed by atoms with Crippen LogP contribution in [0.25, 0.3) is 0 Å². The molecule has 0 heterocycles. The maximum atomic E-state index is 13.1. The number of aliphatic hydroxyl groups is 2. The van der Waals surface area contributed by atoms with Gasteiger partial charge in [0, 0.05) is 6.42 Å². The third-order valence-electron chi connectivity index (χ3n) is 10.3. The summed E-state index contributed by atoms with van der Waals surface area (Å²) >= 11 is 0. The predicted molar refractivity (Wildman–Crippen MR) is 223 cm³/mol. The minimum Gasteiger partial charge on any atom is -0.462 e. The number of hydrogen-bond acceptors (Lipinski definition) is 5. The molecular formula is C46H87NO5. The van der Waals surface area contributed by atoms with E-state index in [-0.39, 0.29) is 24.9 Å². The Kier molecular flexibility index (Phi) is 39.2. The molecule has 0 bridgehead atoms. The number of unbranched alkanes of at least 4 members (excludes halogenated alkanes) is 25. The van der Waals surface area contributed by atoms with Gasteiger partial charge in [0.15, 0.2) is 0 Å². The molecule has 6 heteroatoms. The van der Waals surface area contributed by atoms with Crippen molar-refractivity contribution in [2.24, 2.45) is 0 Å². The number of carbonyl (C=O) groups is 2. The van der Waals surface area contributed by atoms with Crippen LogP contribution >= 0.6 is 0 Å². The SMILES string of the molecule is CCCCC/C=C/C=C/CCCCCCCCC(=O)OC(CCCCCCCCC)CC(=O)NC(CO)C(O)CCCCCCCCCCCCC.